The number of nitrogens with zero attached hydrogens (tertiary/aromatic N) is 2. The molecule has 3 aromatic rings. The number of carbonyl (C=O) groups excluding carboxylic acids is 1. The molecule has 0 aliphatic heterocycles. The van der Waals surface area contributed by atoms with Crippen LogP contribution in [0.5, 0.6) is 0 Å². The molecule has 2 heterocycles. The fourth-order valence-corrected chi connectivity index (χ4v) is 4.32. The Bertz CT molecular complexity index is 1050. The summed E-state index contributed by atoms with van der Waals surface area (Å²) in [6.07, 6.45) is 10.6. The van der Waals surface area contributed by atoms with Gasteiger partial charge >= 0.3 is 0 Å². The van der Waals surface area contributed by atoms with Crippen molar-refractivity contribution in [1.82, 2.24) is 15.3 Å². The van der Waals surface area contributed by atoms with Crippen molar-refractivity contribution < 1.29 is 4.79 Å². The van der Waals surface area contributed by atoms with E-state index in [0.29, 0.717) is 17.9 Å². The Balaban J connectivity index is 1.13. The molecule has 0 bridgehead atoms. The lowest BCUT2D eigenvalue weighted by Crippen LogP contribution is -2.24. The van der Waals surface area contributed by atoms with Gasteiger partial charge in [-0.2, -0.15) is 0 Å². The highest BCUT2D eigenvalue weighted by atomic mass is 16.1. The molecule has 7 heteroatoms. The van der Waals surface area contributed by atoms with Gasteiger partial charge in [0.05, 0.1) is 11.1 Å². The van der Waals surface area contributed by atoms with E-state index >= 15 is 0 Å². The molecule has 168 valence electrons. The SMILES string of the molecule is NNc1ccc(C(=O)NCCCCCCCNc2c3c(nc4ccccc24)CCC3)cn1. The highest BCUT2D eigenvalue weighted by Crippen LogP contribution is 2.33. The first kappa shape index (κ1) is 22.0. The second kappa shape index (κ2) is 10.9. The number of aromatic nitrogens is 2. The summed E-state index contributed by atoms with van der Waals surface area (Å²) in [5.74, 6) is 5.73. The molecule has 4 rings (SSSR count). The number of amides is 1. The largest absolute Gasteiger partial charge is 0.384 e. The molecule has 1 aliphatic rings. The fraction of sp³-hybridized carbons (Fsp3) is 0.400. The Morgan fingerprint density at radius 2 is 1.78 bits per heavy atom. The van der Waals surface area contributed by atoms with Gasteiger partial charge in [-0.05, 0) is 55.9 Å². The number of nitrogens with two attached hydrogens (primary N) is 1. The Kier molecular flexibility index (Phi) is 7.51. The number of hydrogen-bond donors (Lipinski definition) is 4. The molecule has 1 aliphatic carbocycles. The van der Waals surface area contributed by atoms with Crippen LogP contribution in [0.4, 0.5) is 11.5 Å². The van der Waals surface area contributed by atoms with Gasteiger partial charge in [0.2, 0.25) is 0 Å². The summed E-state index contributed by atoms with van der Waals surface area (Å²) >= 11 is 0. The van der Waals surface area contributed by atoms with Gasteiger partial charge in [-0.25, -0.2) is 10.8 Å². The van der Waals surface area contributed by atoms with Crippen LogP contribution in [0.3, 0.4) is 0 Å². The summed E-state index contributed by atoms with van der Waals surface area (Å²) in [6.45, 7) is 1.67. The van der Waals surface area contributed by atoms with E-state index in [-0.39, 0.29) is 5.91 Å². The zero-order valence-electron chi connectivity index (χ0n) is 18.5. The number of anilines is 2. The van der Waals surface area contributed by atoms with E-state index < -0.39 is 0 Å². The maximum Gasteiger partial charge on any atom is 0.252 e. The molecule has 0 atom stereocenters. The highest BCUT2D eigenvalue weighted by molar-refractivity contribution is 5.94. The van der Waals surface area contributed by atoms with Crippen LogP contribution in [0.1, 0.15) is 60.1 Å². The van der Waals surface area contributed by atoms with Crippen molar-refractivity contribution in [3.8, 4) is 0 Å². The monoisotopic (exact) mass is 432 g/mol. The molecule has 7 nitrogen and oxygen atoms in total. The third-order valence-corrected chi connectivity index (χ3v) is 6.03. The van der Waals surface area contributed by atoms with Crippen LogP contribution in [-0.4, -0.2) is 29.0 Å². The average molecular weight is 433 g/mol. The van der Waals surface area contributed by atoms with Crippen molar-refractivity contribution in [3.05, 3.63) is 59.4 Å². The van der Waals surface area contributed by atoms with Crippen molar-refractivity contribution in [3.63, 3.8) is 0 Å². The van der Waals surface area contributed by atoms with Gasteiger partial charge in [0.25, 0.3) is 5.91 Å². The van der Waals surface area contributed by atoms with Gasteiger partial charge in [0.1, 0.15) is 5.82 Å². The van der Waals surface area contributed by atoms with E-state index in [4.69, 9.17) is 10.8 Å². The lowest BCUT2D eigenvalue weighted by molar-refractivity contribution is 0.0952. The molecule has 0 saturated carbocycles. The molecule has 1 amide bonds. The number of para-hydroxylation sites is 1. The van der Waals surface area contributed by atoms with E-state index in [0.717, 1.165) is 44.2 Å². The Morgan fingerprint density at radius 3 is 2.59 bits per heavy atom. The Hall–Kier alpha value is -3.19. The number of hydrogen-bond acceptors (Lipinski definition) is 6. The highest BCUT2D eigenvalue weighted by Gasteiger charge is 2.19. The van der Waals surface area contributed by atoms with Gasteiger partial charge < -0.3 is 16.1 Å². The first-order chi connectivity index (χ1) is 15.8. The third-order valence-electron chi connectivity index (χ3n) is 6.03. The van der Waals surface area contributed by atoms with Gasteiger partial charge in [-0.3, -0.25) is 9.78 Å². The van der Waals surface area contributed by atoms with Gasteiger partial charge in [-0.1, -0.05) is 37.5 Å². The standard InChI is InChI=1S/C25H32N6O/c26-31-23-14-13-18(17-29-23)25(32)28-16-7-3-1-2-6-15-27-24-19-9-4-5-11-21(19)30-22-12-8-10-20(22)24/h4-5,9,11,13-14,17H,1-3,6-8,10,12,15-16,26H2,(H,27,30)(H,28,32)(H,29,31). The smallest absolute Gasteiger partial charge is 0.252 e. The number of nitrogen functional groups attached to an aromatic ring is 1. The summed E-state index contributed by atoms with van der Waals surface area (Å²) in [5.41, 5.74) is 8.09. The van der Waals surface area contributed by atoms with Gasteiger partial charge in [0.15, 0.2) is 0 Å². The van der Waals surface area contributed by atoms with E-state index in [2.05, 4.69) is 45.3 Å². The summed E-state index contributed by atoms with van der Waals surface area (Å²) in [7, 11) is 0. The third kappa shape index (κ3) is 5.34. The van der Waals surface area contributed by atoms with E-state index in [1.165, 1.54) is 47.8 Å². The van der Waals surface area contributed by atoms with E-state index in [1.54, 1.807) is 12.1 Å². The van der Waals surface area contributed by atoms with E-state index in [1.807, 2.05) is 0 Å². The average Bonchev–Trinajstić information content (AvgIpc) is 3.30. The summed E-state index contributed by atoms with van der Waals surface area (Å²) in [4.78, 5) is 21.0. The van der Waals surface area contributed by atoms with Crippen LogP contribution in [0.25, 0.3) is 10.9 Å². The Morgan fingerprint density at radius 1 is 0.969 bits per heavy atom. The number of carbonyl (C=O) groups is 1. The molecule has 0 saturated heterocycles. The lowest BCUT2D eigenvalue weighted by Gasteiger charge is -2.14. The lowest BCUT2D eigenvalue weighted by atomic mass is 10.1. The minimum absolute atomic E-state index is 0.0950. The first-order valence-electron chi connectivity index (χ1n) is 11.6. The zero-order chi connectivity index (χ0) is 22.2. The van der Waals surface area contributed by atoms with Crippen molar-refractivity contribution in [2.75, 3.05) is 23.8 Å². The maximum absolute atomic E-state index is 12.1. The van der Waals surface area contributed by atoms with Crippen LogP contribution < -0.4 is 21.9 Å². The van der Waals surface area contributed by atoms with Crippen molar-refractivity contribution >= 4 is 28.3 Å². The molecular weight excluding hydrogens is 400 g/mol. The Labute approximate surface area is 189 Å². The molecular formula is C25H32N6O. The van der Waals surface area contributed by atoms with Crippen LogP contribution in [0.15, 0.2) is 42.6 Å². The van der Waals surface area contributed by atoms with Crippen molar-refractivity contribution in [1.29, 1.82) is 0 Å². The molecule has 0 spiro atoms. The minimum Gasteiger partial charge on any atom is -0.384 e. The zero-order valence-corrected chi connectivity index (χ0v) is 18.5. The van der Waals surface area contributed by atoms with Crippen LogP contribution in [-0.2, 0) is 12.8 Å². The molecule has 2 aromatic heterocycles. The summed E-state index contributed by atoms with van der Waals surface area (Å²) in [5, 5.41) is 7.91. The minimum atomic E-state index is -0.0950. The number of pyridine rings is 2. The van der Waals surface area contributed by atoms with Crippen molar-refractivity contribution in [2.45, 2.75) is 51.4 Å². The second-order valence-corrected chi connectivity index (χ2v) is 8.31. The van der Waals surface area contributed by atoms with Gasteiger partial charge in [-0.15, -0.1) is 0 Å². The number of unbranched alkanes of at least 4 members (excludes halogenated alkanes) is 4. The number of aryl methyl sites for hydroxylation is 1. The maximum atomic E-state index is 12.1. The van der Waals surface area contributed by atoms with Gasteiger partial charge in [0, 0.05) is 36.1 Å². The molecule has 0 radical (unpaired) electrons. The number of rotatable bonds is 11. The fourth-order valence-electron chi connectivity index (χ4n) is 4.32. The summed E-state index contributed by atoms with van der Waals surface area (Å²) in [6, 6.07) is 11.8. The quantitative estimate of drug-likeness (QED) is 0.206. The molecule has 32 heavy (non-hydrogen) atoms. The number of fused-ring (bicyclic) bond motifs is 2. The number of nitrogens with one attached hydrogen (secondary N) is 3. The molecule has 5 N–H and O–H groups in total. The number of hydrazine groups is 1. The van der Waals surface area contributed by atoms with Crippen LogP contribution in [0.2, 0.25) is 0 Å². The van der Waals surface area contributed by atoms with E-state index in [9.17, 15) is 4.79 Å². The molecule has 0 unspecified atom stereocenters. The van der Waals surface area contributed by atoms with Crippen LogP contribution >= 0.6 is 0 Å². The predicted octanol–water partition coefficient (Wildman–Crippen LogP) is 4.20. The molecule has 0 fully saturated rings. The van der Waals surface area contributed by atoms with Crippen molar-refractivity contribution in [2.24, 2.45) is 5.84 Å². The normalized spacial score (nSPS) is 12.5. The van der Waals surface area contributed by atoms with Crippen LogP contribution in [0, 0.1) is 0 Å². The predicted molar refractivity (Wildman–Crippen MR) is 130 cm³/mol. The summed E-state index contributed by atoms with van der Waals surface area (Å²) < 4.78 is 0. The topological polar surface area (TPSA) is 105 Å². The second-order valence-electron chi connectivity index (χ2n) is 8.31. The number of benzene rings is 1. The molecule has 1 aromatic carbocycles. The first-order valence-corrected chi connectivity index (χ1v) is 11.6.